The van der Waals surface area contributed by atoms with Crippen LogP contribution in [0.2, 0.25) is 18.1 Å². The number of ether oxygens (including phenoxy) is 1. The summed E-state index contributed by atoms with van der Waals surface area (Å²) >= 11 is 0. The molecule has 2 atom stereocenters. The van der Waals surface area contributed by atoms with Gasteiger partial charge in [0.1, 0.15) is 0 Å². The Morgan fingerprint density at radius 3 is 2.10 bits per heavy atom. The summed E-state index contributed by atoms with van der Waals surface area (Å²) in [6.07, 6.45) is -0.690. The quantitative estimate of drug-likeness (QED) is 0.483. The topological polar surface area (TPSA) is 75.7 Å². The van der Waals surface area contributed by atoms with Gasteiger partial charge < -0.3 is 14.6 Å². The van der Waals surface area contributed by atoms with E-state index in [1.165, 1.54) is 13.8 Å². The van der Waals surface area contributed by atoms with E-state index in [1.807, 2.05) is 0 Å². The monoisotopic (exact) mass is 300 g/mol. The molecule has 0 aromatic carbocycles. The summed E-state index contributed by atoms with van der Waals surface area (Å²) in [5.41, 5.74) is 0. The van der Waals surface area contributed by atoms with Crippen LogP contribution in [0.15, 0.2) is 0 Å². The van der Waals surface area contributed by atoms with Gasteiger partial charge >= 0.3 is 5.97 Å². The number of amides is 2. The number of β-lactam (4-membered cyclic amide) rings is 1. The van der Waals surface area contributed by atoms with Gasteiger partial charge in [0.05, 0.1) is 0 Å². The molecule has 1 aliphatic rings. The highest BCUT2D eigenvalue weighted by Gasteiger charge is 2.59. The molecule has 20 heavy (non-hydrogen) atoms. The van der Waals surface area contributed by atoms with Crippen molar-refractivity contribution >= 4 is 26.0 Å². The summed E-state index contributed by atoms with van der Waals surface area (Å²) in [6.45, 7) is 13.0. The number of esters is 1. The number of rotatable bonds is 3. The van der Waals surface area contributed by atoms with Crippen LogP contribution in [0.25, 0.3) is 0 Å². The van der Waals surface area contributed by atoms with Crippen LogP contribution in [-0.2, 0) is 19.1 Å². The Balaban J connectivity index is 3.04. The Bertz CT molecular complexity index is 442. The van der Waals surface area contributed by atoms with Crippen molar-refractivity contribution in [1.29, 1.82) is 0 Å². The molecule has 7 heteroatoms. The fourth-order valence-electron chi connectivity index (χ4n) is 2.06. The van der Waals surface area contributed by atoms with Gasteiger partial charge in [-0.05, 0) is 5.04 Å². The third kappa shape index (κ3) is 2.87. The van der Waals surface area contributed by atoms with Crippen molar-refractivity contribution in [2.45, 2.75) is 65.0 Å². The number of nitrogens with one attached hydrogen (secondary N) is 1. The first-order valence-electron chi connectivity index (χ1n) is 6.67. The highest BCUT2D eigenvalue weighted by Crippen LogP contribution is 2.43. The van der Waals surface area contributed by atoms with Gasteiger partial charge in [-0.1, -0.05) is 33.9 Å². The molecule has 6 nitrogen and oxygen atoms in total. The number of carbonyl (C=O) groups excluding carboxylic acids is 3. The zero-order valence-electron chi connectivity index (χ0n) is 13.2. The lowest BCUT2D eigenvalue weighted by molar-refractivity contribution is -0.180. The summed E-state index contributed by atoms with van der Waals surface area (Å²) in [4.78, 5) is 34.8. The average molecular weight is 300 g/mol. The van der Waals surface area contributed by atoms with Crippen LogP contribution in [0.1, 0.15) is 34.6 Å². The predicted molar refractivity (Wildman–Crippen MR) is 77.2 cm³/mol. The second-order valence-electron chi connectivity index (χ2n) is 6.70. The zero-order valence-corrected chi connectivity index (χ0v) is 14.2. The van der Waals surface area contributed by atoms with Crippen LogP contribution in [0.5, 0.6) is 0 Å². The van der Waals surface area contributed by atoms with E-state index in [0.29, 0.717) is 0 Å². The Labute approximate surface area is 120 Å². The highest BCUT2D eigenvalue weighted by atomic mass is 28.3. The van der Waals surface area contributed by atoms with Crippen LogP contribution < -0.4 is 5.32 Å². The van der Waals surface area contributed by atoms with E-state index < -0.39 is 26.5 Å². The van der Waals surface area contributed by atoms with Crippen molar-refractivity contribution in [2.75, 3.05) is 0 Å². The van der Waals surface area contributed by atoms with Gasteiger partial charge in [0.2, 0.25) is 11.8 Å². The van der Waals surface area contributed by atoms with Crippen LogP contribution in [0, 0.1) is 0 Å². The molecule has 0 bridgehead atoms. The first kappa shape index (κ1) is 16.7. The molecule has 1 N–H and O–H groups in total. The molecule has 114 valence electrons. The predicted octanol–water partition coefficient (Wildman–Crippen LogP) is 1.23. The number of carbonyl (C=O) groups is 3. The molecule has 0 saturated carbocycles. The Hall–Kier alpha value is -1.37. The molecule has 1 rings (SSSR count). The lowest BCUT2D eigenvalue weighted by Gasteiger charge is -2.56. The zero-order chi connectivity index (χ0) is 15.9. The summed E-state index contributed by atoms with van der Waals surface area (Å²) < 4.78 is 6.93. The van der Waals surface area contributed by atoms with Crippen molar-refractivity contribution in [3.8, 4) is 0 Å². The normalized spacial score (nSPS) is 23.1. The maximum absolute atomic E-state index is 12.3. The maximum atomic E-state index is 12.3. The van der Waals surface area contributed by atoms with Crippen LogP contribution in [0.4, 0.5) is 0 Å². The van der Waals surface area contributed by atoms with E-state index in [9.17, 15) is 14.4 Å². The average Bonchev–Trinajstić information content (AvgIpc) is 2.22. The molecule has 2 unspecified atom stereocenters. The fourth-order valence-corrected chi connectivity index (χ4v) is 4.31. The smallest absolute Gasteiger partial charge is 0.304 e. The first-order chi connectivity index (χ1) is 8.89. The molecular formula is C13H24N2O4Si. The minimum Gasteiger partial charge on any atom is -0.440 e. The molecule has 1 fully saturated rings. The Morgan fingerprint density at radius 2 is 1.75 bits per heavy atom. The standard InChI is InChI=1S/C13H24N2O4Si/c1-8(16)14-10-11(18)15(12(10)19-9(2)17)20(6,7)13(3,4)5/h10,12H,1-7H3,(H,14,16). The van der Waals surface area contributed by atoms with Gasteiger partial charge in [-0.2, -0.15) is 0 Å². The first-order valence-corrected chi connectivity index (χ1v) is 9.62. The molecule has 0 radical (unpaired) electrons. The summed E-state index contributed by atoms with van der Waals surface area (Å²) in [5.74, 6) is -0.935. The van der Waals surface area contributed by atoms with Crippen molar-refractivity contribution in [1.82, 2.24) is 9.88 Å². The summed E-state index contributed by atoms with van der Waals surface area (Å²) in [7, 11) is -2.15. The van der Waals surface area contributed by atoms with Crippen molar-refractivity contribution in [3.63, 3.8) is 0 Å². The largest absolute Gasteiger partial charge is 0.440 e. The molecule has 0 aromatic heterocycles. The minimum absolute atomic E-state index is 0.0672. The Morgan fingerprint density at radius 1 is 1.25 bits per heavy atom. The van der Waals surface area contributed by atoms with E-state index in [1.54, 1.807) is 4.57 Å². The molecule has 2 amide bonds. The molecular weight excluding hydrogens is 276 g/mol. The van der Waals surface area contributed by atoms with E-state index in [0.717, 1.165) is 0 Å². The minimum atomic E-state index is -2.15. The van der Waals surface area contributed by atoms with E-state index in [4.69, 9.17) is 4.74 Å². The molecule has 0 aromatic rings. The Kier molecular flexibility index (Phi) is 4.33. The van der Waals surface area contributed by atoms with E-state index in [-0.39, 0.29) is 16.9 Å². The summed E-state index contributed by atoms with van der Waals surface area (Å²) in [6, 6.07) is -0.759. The highest BCUT2D eigenvalue weighted by molar-refractivity contribution is 6.80. The molecule has 1 aliphatic heterocycles. The number of hydrogen-bond donors (Lipinski definition) is 1. The number of nitrogens with zero attached hydrogens (tertiary/aromatic N) is 1. The third-order valence-corrected chi connectivity index (χ3v) is 9.48. The molecule has 0 spiro atoms. The van der Waals surface area contributed by atoms with Crippen LogP contribution >= 0.6 is 0 Å². The fraction of sp³-hybridized carbons (Fsp3) is 0.769. The SMILES string of the molecule is CC(=O)NC1C(=O)N([Si](C)(C)C(C)(C)C)C1OC(C)=O. The maximum Gasteiger partial charge on any atom is 0.304 e. The third-order valence-electron chi connectivity index (χ3n) is 4.13. The van der Waals surface area contributed by atoms with Crippen LogP contribution in [0.3, 0.4) is 0 Å². The second kappa shape index (κ2) is 5.20. The molecule has 1 heterocycles. The van der Waals surface area contributed by atoms with Crippen molar-refractivity contribution in [3.05, 3.63) is 0 Å². The van der Waals surface area contributed by atoms with Gasteiger partial charge in [0.25, 0.3) is 0 Å². The molecule has 0 aliphatic carbocycles. The van der Waals surface area contributed by atoms with E-state index >= 15 is 0 Å². The molecule has 1 saturated heterocycles. The van der Waals surface area contributed by atoms with Gasteiger partial charge in [0, 0.05) is 13.8 Å². The van der Waals surface area contributed by atoms with Gasteiger partial charge in [-0.3, -0.25) is 14.4 Å². The lowest BCUT2D eigenvalue weighted by Crippen LogP contribution is -2.79. The van der Waals surface area contributed by atoms with E-state index in [2.05, 4.69) is 39.2 Å². The van der Waals surface area contributed by atoms with Crippen LogP contribution in [-0.4, -0.2) is 42.9 Å². The second-order valence-corrected chi connectivity index (χ2v) is 11.8. The lowest BCUT2D eigenvalue weighted by atomic mass is 10.1. The van der Waals surface area contributed by atoms with Crippen molar-refractivity contribution in [2.24, 2.45) is 0 Å². The van der Waals surface area contributed by atoms with Gasteiger partial charge in [0.15, 0.2) is 20.5 Å². The number of hydrogen-bond acceptors (Lipinski definition) is 4. The van der Waals surface area contributed by atoms with Crippen molar-refractivity contribution < 1.29 is 19.1 Å². The summed E-state index contributed by atoms with van der Waals surface area (Å²) in [5, 5.41) is 2.49. The van der Waals surface area contributed by atoms with Gasteiger partial charge in [-0.15, -0.1) is 0 Å². The van der Waals surface area contributed by atoms with Gasteiger partial charge in [-0.25, -0.2) is 0 Å².